The summed E-state index contributed by atoms with van der Waals surface area (Å²) < 4.78 is 31.5. The number of hydrogen-bond acceptors (Lipinski definition) is 4. The van der Waals surface area contributed by atoms with E-state index in [9.17, 15) is 8.42 Å². The minimum Gasteiger partial charge on any atom is -0.461 e. The quantitative estimate of drug-likeness (QED) is 0.784. The van der Waals surface area contributed by atoms with Gasteiger partial charge in [-0.15, -0.1) is 0 Å². The molecule has 1 aliphatic rings. The molecule has 3 aromatic rings. The Morgan fingerprint density at radius 2 is 1.83 bits per heavy atom. The molecule has 1 N–H and O–H groups in total. The molecule has 4 rings (SSSR count). The largest absolute Gasteiger partial charge is 0.461 e. The highest BCUT2D eigenvalue weighted by Gasteiger charge is 2.21. The Balaban J connectivity index is 1.87. The van der Waals surface area contributed by atoms with Gasteiger partial charge in [0.15, 0.2) is 0 Å². The summed E-state index contributed by atoms with van der Waals surface area (Å²) in [5, 5.41) is 4.26. The van der Waals surface area contributed by atoms with E-state index >= 15 is 0 Å². The molecule has 0 bridgehead atoms. The molecule has 1 aliphatic heterocycles. The standard InChI is InChI=1S/C18H17NO3S/c20-23(21,13-5-2-1-3-6-13)14-8-9-18-15(11-14)16-12-19-10-4-7-17(16)22-18/h1-3,5-6,8-9,11,19H,4,7,10,12H2. The van der Waals surface area contributed by atoms with E-state index in [-0.39, 0.29) is 0 Å². The Morgan fingerprint density at radius 1 is 1.00 bits per heavy atom. The van der Waals surface area contributed by atoms with Crippen molar-refractivity contribution in [2.24, 2.45) is 0 Å². The molecular formula is C18H17NO3S. The number of fused-ring (bicyclic) bond motifs is 3. The lowest BCUT2D eigenvalue weighted by molar-refractivity contribution is 0.541. The van der Waals surface area contributed by atoms with Crippen molar-refractivity contribution in [2.75, 3.05) is 6.54 Å². The van der Waals surface area contributed by atoms with Crippen LogP contribution in [-0.2, 0) is 22.8 Å². The van der Waals surface area contributed by atoms with Gasteiger partial charge in [0.2, 0.25) is 9.84 Å². The molecule has 1 aromatic heterocycles. The first-order valence-electron chi connectivity index (χ1n) is 7.71. The molecule has 0 radical (unpaired) electrons. The minimum atomic E-state index is -3.51. The van der Waals surface area contributed by atoms with Crippen molar-refractivity contribution >= 4 is 20.8 Å². The van der Waals surface area contributed by atoms with Gasteiger partial charge in [-0.1, -0.05) is 18.2 Å². The zero-order valence-corrected chi connectivity index (χ0v) is 13.4. The van der Waals surface area contributed by atoms with Crippen LogP contribution >= 0.6 is 0 Å². The molecule has 0 saturated heterocycles. The second kappa shape index (κ2) is 5.51. The Labute approximate surface area is 135 Å². The molecule has 2 aromatic carbocycles. The van der Waals surface area contributed by atoms with Crippen LogP contribution in [0.3, 0.4) is 0 Å². The van der Waals surface area contributed by atoms with Gasteiger partial charge in [0.1, 0.15) is 11.3 Å². The van der Waals surface area contributed by atoms with Crippen molar-refractivity contribution < 1.29 is 12.8 Å². The number of hydrogen-bond donors (Lipinski definition) is 1. The van der Waals surface area contributed by atoms with Crippen LogP contribution in [0.25, 0.3) is 11.0 Å². The van der Waals surface area contributed by atoms with Crippen LogP contribution in [0.2, 0.25) is 0 Å². The molecule has 2 heterocycles. The zero-order valence-electron chi connectivity index (χ0n) is 12.6. The molecule has 0 atom stereocenters. The number of sulfone groups is 1. The summed E-state index contributed by atoms with van der Waals surface area (Å²) in [5.74, 6) is 0.972. The fraction of sp³-hybridized carbons (Fsp3) is 0.222. The highest BCUT2D eigenvalue weighted by Crippen LogP contribution is 2.31. The maximum Gasteiger partial charge on any atom is 0.206 e. The molecule has 0 aliphatic carbocycles. The molecule has 0 saturated carbocycles. The first-order chi connectivity index (χ1) is 11.2. The van der Waals surface area contributed by atoms with Crippen molar-refractivity contribution in [3.63, 3.8) is 0 Å². The van der Waals surface area contributed by atoms with Gasteiger partial charge in [0.05, 0.1) is 9.79 Å². The fourth-order valence-electron chi connectivity index (χ4n) is 3.06. The average Bonchev–Trinajstić information content (AvgIpc) is 2.76. The minimum absolute atomic E-state index is 0.309. The van der Waals surface area contributed by atoms with Gasteiger partial charge >= 0.3 is 0 Å². The van der Waals surface area contributed by atoms with Crippen molar-refractivity contribution in [3.05, 3.63) is 59.9 Å². The molecule has 4 nitrogen and oxygen atoms in total. The number of aryl methyl sites for hydroxylation is 1. The van der Waals surface area contributed by atoms with E-state index < -0.39 is 9.84 Å². The maximum absolute atomic E-state index is 12.8. The van der Waals surface area contributed by atoms with Gasteiger partial charge in [-0.3, -0.25) is 0 Å². The second-order valence-corrected chi connectivity index (χ2v) is 7.71. The molecule has 0 spiro atoms. The van der Waals surface area contributed by atoms with Crippen molar-refractivity contribution in [1.29, 1.82) is 0 Å². The fourth-order valence-corrected chi connectivity index (χ4v) is 4.37. The van der Waals surface area contributed by atoms with Gasteiger partial charge in [0.25, 0.3) is 0 Å². The van der Waals surface area contributed by atoms with Crippen molar-refractivity contribution in [2.45, 2.75) is 29.2 Å². The topological polar surface area (TPSA) is 59.3 Å². The maximum atomic E-state index is 12.8. The highest BCUT2D eigenvalue weighted by molar-refractivity contribution is 7.91. The van der Waals surface area contributed by atoms with E-state index in [4.69, 9.17) is 4.42 Å². The lowest BCUT2D eigenvalue weighted by atomic mass is 10.1. The van der Waals surface area contributed by atoms with Crippen molar-refractivity contribution in [3.8, 4) is 0 Å². The van der Waals surface area contributed by atoms with Crippen LogP contribution in [0.15, 0.2) is 62.7 Å². The molecule has 118 valence electrons. The van der Waals surface area contributed by atoms with Gasteiger partial charge in [-0.25, -0.2) is 8.42 Å². The lowest BCUT2D eigenvalue weighted by Gasteiger charge is -2.05. The normalized spacial score (nSPS) is 15.3. The van der Waals surface area contributed by atoms with Crippen LogP contribution in [0.4, 0.5) is 0 Å². The second-order valence-electron chi connectivity index (χ2n) is 5.76. The lowest BCUT2D eigenvalue weighted by Crippen LogP contribution is -2.12. The summed E-state index contributed by atoms with van der Waals surface area (Å²) >= 11 is 0. The smallest absolute Gasteiger partial charge is 0.206 e. The molecule has 0 amide bonds. The van der Waals surface area contributed by atoms with Crippen LogP contribution in [0.5, 0.6) is 0 Å². The van der Waals surface area contributed by atoms with Crippen LogP contribution in [0.1, 0.15) is 17.7 Å². The van der Waals surface area contributed by atoms with E-state index in [0.717, 1.165) is 48.2 Å². The van der Waals surface area contributed by atoms with Gasteiger partial charge in [0, 0.05) is 23.9 Å². The summed E-state index contributed by atoms with van der Waals surface area (Å²) in [6, 6.07) is 13.7. The third-order valence-electron chi connectivity index (χ3n) is 4.27. The monoisotopic (exact) mass is 327 g/mol. The number of furan rings is 1. The predicted molar refractivity (Wildman–Crippen MR) is 88.1 cm³/mol. The zero-order chi connectivity index (χ0) is 15.9. The van der Waals surface area contributed by atoms with Crippen molar-refractivity contribution in [1.82, 2.24) is 5.32 Å². The number of rotatable bonds is 2. The van der Waals surface area contributed by atoms with Gasteiger partial charge < -0.3 is 9.73 Å². The predicted octanol–water partition coefficient (Wildman–Crippen LogP) is 3.30. The number of benzene rings is 2. The first kappa shape index (κ1) is 14.5. The molecule has 23 heavy (non-hydrogen) atoms. The van der Waals surface area contributed by atoms with E-state index in [1.54, 1.807) is 42.5 Å². The average molecular weight is 327 g/mol. The molecule has 5 heteroatoms. The van der Waals surface area contributed by atoms with E-state index in [2.05, 4.69) is 5.32 Å². The Bertz CT molecular complexity index is 959. The van der Waals surface area contributed by atoms with E-state index in [1.165, 1.54) is 0 Å². The van der Waals surface area contributed by atoms with E-state index in [1.807, 2.05) is 6.07 Å². The molecular weight excluding hydrogens is 310 g/mol. The Hall–Kier alpha value is -2.11. The third-order valence-corrected chi connectivity index (χ3v) is 6.04. The first-order valence-corrected chi connectivity index (χ1v) is 9.20. The van der Waals surface area contributed by atoms with Crippen LogP contribution in [-0.4, -0.2) is 15.0 Å². The summed E-state index contributed by atoms with van der Waals surface area (Å²) in [4.78, 5) is 0.621. The van der Waals surface area contributed by atoms with Crippen LogP contribution in [0, 0.1) is 0 Å². The third kappa shape index (κ3) is 2.46. The Morgan fingerprint density at radius 3 is 2.65 bits per heavy atom. The summed E-state index contributed by atoms with van der Waals surface area (Å²) in [5.41, 5.74) is 1.84. The van der Waals surface area contributed by atoms with E-state index in [0.29, 0.717) is 9.79 Å². The number of nitrogens with one attached hydrogen (secondary N) is 1. The Kier molecular flexibility index (Phi) is 3.47. The SMILES string of the molecule is O=S(=O)(c1ccccc1)c1ccc2oc3c(c2c1)CNCCC3. The summed E-state index contributed by atoms with van der Waals surface area (Å²) in [6.45, 7) is 1.67. The summed E-state index contributed by atoms with van der Waals surface area (Å²) in [7, 11) is -3.51. The van der Waals surface area contributed by atoms with Crippen LogP contribution < -0.4 is 5.32 Å². The van der Waals surface area contributed by atoms with Gasteiger partial charge in [-0.05, 0) is 43.3 Å². The van der Waals surface area contributed by atoms with Gasteiger partial charge in [-0.2, -0.15) is 0 Å². The molecule has 0 fully saturated rings. The summed E-state index contributed by atoms with van der Waals surface area (Å²) in [6.07, 6.45) is 1.92. The molecule has 0 unspecified atom stereocenters. The highest BCUT2D eigenvalue weighted by atomic mass is 32.2.